The van der Waals surface area contributed by atoms with E-state index in [2.05, 4.69) is 10.7 Å². The van der Waals surface area contributed by atoms with Crippen LogP contribution in [0.15, 0.2) is 5.10 Å². The zero-order valence-corrected chi connectivity index (χ0v) is 5.85. The normalized spacial score (nSPS) is 11.6. The maximum absolute atomic E-state index is 5.18. The maximum atomic E-state index is 5.18. The van der Waals surface area contributed by atoms with Crippen LogP contribution in [0.2, 0.25) is 0 Å². The number of hydrogen-bond donors (Lipinski definition) is 2. The average Bonchev–Trinajstić information content (AvgIpc) is 1.80. The first kappa shape index (κ1) is 8.23. The second-order valence-electron chi connectivity index (χ2n) is 1.69. The molecule has 0 aromatic carbocycles. The Balaban J connectivity index is 3.00. The van der Waals surface area contributed by atoms with E-state index in [1.807, 2.05) is 6.92 Å². The highest BCUT2D eigenvalue weighted by Crippen LogP contribution is 1.73. The van der Waals surface area contributed by atoms with Gasteiger partial charge in [-0.05, 0) is 13.3 Å². The van der Waals surface area contributed by atoms with Crippen LogP contribution in [0.3, 0.4) is 0 Å². The van der Waals surface area contributed by atoms with Crippen molar-refractivity contribution in [3.63, 3.8) is 0 Å². The van der Waals surface area contributed by atoms with Gasteiger partial charge in [0.15, 0.2) is 0 Å². The fourth-order valence-electron chi connectivity index (χ4n) is 0.252. The first-order chi connectivity index (χ1) is 4.27. The van der Waals surface area contributed by atoms with Gasteiger partial charge in [0.25, 0.3) is 0 Å². The Bertz CT molecular complexity index is 88.2. The lowest BCUT2D eigenvalue weighted by Gasteiger charge is -1.97. The van der Waals surface area contributed by atoms with Crippen molar-refractivity contribution in [1.29, 1.82) is 0 Å². The predicted octanol–water partition coefficient (Wildman–Crippen LogP) is 0.210. The maximum Gasteiger partial charge on any atom is 0.118 e. The molecule has 0 fully saturated rings. The minimum Gasteiger partial charge on any atom is -0.386 e. The molecule has 0 aliphatic carbocycles. The van der Waals surface area contributed by atoms with Crippen LogP contribution in [0.1, 0.15) is 20.3 Å². The van der Waals surface area contributed by atoms with E-state index in [0.717, 1.165) is 6.42 Å². The third-order valence-corrected chi connectivity index (χ3v) is 0.593. The molecule has 0 bridgehead atoms. The summed E-state index contributed by atoms with van der Waals surface area (Å²) in [6.45, 7) is 4.35. The van der Waals surface area contributed by atoms with E-state index < -0.39 is 0 Å². The molecule has 9 heavy (non-hydrogen) atoms. The van der Waals surface area contributed by atoms with Crippen LogP contribution in [0.5, 0.6) is 0 Å². The number of nitrogens with two attached hydrogens (primary N) is 1. The van der Waals surface area contributed by atoms with Crippen LogP contribution in [-0.2, 0) is 4.84 Å². The quantitative estimate of drug-likeness (QED) is 0.248. The van der Waals surface area contributed by atoms with Gasteiger partial charge in [0, 0.05) is 0 Å². The molecule has 0 amide bonds. The minimum atomic E-state index is 0.464. The Morgan fingerprint density at radius 2 is 2.44 bits per heavy atom. The first-order valence-electron chi connectivity index (χ1n) is 2.94. The van der Waals surface area contributed by atoms with Crippen LogP contribution in [0, 0.1) is 0 Å². The third-order valence-electron chi connectivity index (χ3n) is 0.593. The molecule has 0 aromatic rings. The van der Waals surface area contributed by atoms with Gasteiger partial charge in [-0.15, -0.1) is 5.10 Å². The fourth-order valence-corrected chi connectivity index (χ4v) is 0.252. The largest absolute Gasteiger partial charge is 0.386 e. The summed E-state index contributed by atoms with van der Waals surface area (Å²) >= 11 is 0. The van der Waals surface area contributed by atoms with Crippen LogP contribution in [0.4, 0.5) is 0 Å². The van der Waals surface area contributed by atoms with E-state index in [9.17, 15) is 0 Å². The molecule has 0 radical (unpaired) electrons. The number of rotatable bonds is 4. The third kappa shape index (κ3) is 7.23. The second kappa shape index (κ2) is 5.37. The summed E-state index contributed by atoms with van der Waals surface area (Å²) in [6.07, 6.45) is 0.964. The Hall–Kier alpha value is -0.770. The molecule has 0 aromatic heterocycles. The Kier molecular flexibility index (Phi) is 4.91. The van der Waals surface area contributed by atoms with Gasteiger partial charge >= 0.3 is 0 Å². The smallest absolute Gasteiger partial charge is 0.118 e. The van der Waals surface area contributed by atoms with E-state index in [1.54, 1.807) is 6.92 Å². The minimum absolute atomic E-state index is 0.464. The van der Waals surface area contributed by atoms with E-state index in [1.165, 1.54) is 0 Å². The van der Waals surface area contributed by atoms with Gasteiger partial charge in [-0.3, -0.25) is 4.84 Å². The van der Waals surface area contributed by atoms with Gasteiger partial charge in [-0.25, -0.2) is 0 Å². The van der Waals surface area contributed by atoms with E-state index in [0.29, 0.717) is 12.4 Å². The van der Waals surface area contributed by atoms with Crippen molar-refractivity contribution < 1.29 is 4.84 Å². The SMILES string of the molecule is CCCON/N=C(\C)N. The highest BCUT2D eigenvalue weighted by Gasteiger charge is 1.78. The van der Waals surface area contributed by atoms with Crippen molar-refractivity contribution in [3.8, 4) is 0 Å². The molecule has 0 rings (SSSR count). The monoisotopic (exact) mass is 131 g/mol. The summed E-state index contributed by atoms with van der Waals surface area (Å²) in [6, 6.07) is 0. The van der Waals surface area contributed by atoms with Crippen LogP contribution in [0.25, 0.3) is 0 Å². The zero-order chi connectivity index (χ0) is 7.11. The van der Waals surface area contributed by atoms with Crippen molar-refractivity contribution in [1.82, 2.24) is 5.59 Å². The van der Waals surface area contributed by atoms with Crippen molar-refractivity contribution in [2.75, 3.05) is 6.61 Å². The molecule has 0 aliphatic rings. The van der Waals surface area contributed by atoms with E-state index >= 15 is 0 Å². The summed E-state index contributed by atoms with van der Waals surface area (Å²) in [5.74, 6) is 0.464. The van der Waals surface area contributed by atoms with Gasteiger partial charge in [0.1, 0.15) is 5.84 Å². The first-order valence-corrected chi connectivity index (χ1v) is 2.94. The van der Waals surface area contributed by atoms with Gasteiger partial charge < -0.3 is 5.73 Å². The summed E-state index contributed by atoms with van der Waals surface area (Å²) < 4.78 is 0. The summed E-state index contributed by atoms with van der Waals surface area (Å²) in [7, 11) is 0. The lowest BCUT2D eigenvalue weighted by molar-refractivity contribution is 0.0435. The molecule has 54 valence electrons. The molecule has 0 saturated heterocycles. The molecule has 0 atom stereocenters. The van der Waals surface area contributed by atoms with Crippen LogP contribution >= 0.6 is 0 Å². The molecule has 0 aliphatic heterocycles. The Labute approximate surface area is 55.0 Å². The molecule has 0 saturated carbocycles. The van der Waals surface area contributed by atoms with Gasteiger partial charge in [-0.2, -0.15) is 5.59 Å². The van der Waals surface area contributed by atoms with Crippen molar-refractivity contribution in [2.24, 2.45) is 10.8 Å². The molecule has 4 nitrogen and oxygen atoms in total. The van der Waals surface area contributed by atoms with Gasteiger partial charge in [0.05, 0.1) is 6.61 Å². The number of hydrogen-bond acceptors (Lipinski definition) is 3. The van der Waals surface area contributed by atoms with Crippen LogP contribution < -0.4 is 11.3 Å². The highest BCUT2D eigenvalue weighted by atomic mass is 16.7. The van der Waals surface area contributed by atoms with Crippen molar-refractivity contribution in [2.45, 2.75) is 20.3 Å². The number of amidine groups is 1. The molecule has 4 heteroatoms. The van der Waals surface area contributed by atoms with Gasteiger partial charge in [0.2, 0.25) is 0 Å². The average molecular weight is 131 g/mol. The molecule has 3 N–H and O–H groups in total. The number of nitrogens with one attached hydrogen (secondary N) is 1. The summed E-state index contributed by atoms with van der Waals surface area (Å²) in [5, 5.41) is 3.58. The Morgan fingerprint density at radius 3 is 2.89 bits per heavy atom. The highest BCUT2D eigenvalue weighted by molar-refractivity contribution is 5.76. The Morgan fingerprint density at radius 1 is 1.78 bits per heavy atom. The predicted molar refractivity (Wildman–Crippen MR) is 36.7 cm³/mol. The van der Waals surface area contributed by atoms with Crippen molar-refractivity contribution in [3.05, 3.63) is 0 Å². The standard InChI is InChI=1S/C5H13N3O/c1-3-4-9-8-7-5(2)6/h8H,3-4H2,1-2H3,(H2,6,7). The molecule has 0 heterocycles. The van der Waals surface area contributed by atoms with Crippen LogP contribution in [-0.4, -0.2) is 12.4 Å². The summed E-state index contributed by atoms with van der Waals surface area (Å²) in [5.41, 5.74) is 7.53. The number of hydrazone groups is 1. The molecule has 0 unspecified atom stereocenters. The molecular formula is C5H13N3O. The zero-order valence-electron chi connectivity index (χ0n) is 5.85. The van der Waals surface area contributed by atoms with E-state index in [-0.39, 0.29) is 0 Å². The second-order valence-corrected chi connectivity index (χ2v) is 1.69. The van der Waals surface area contributed by atoms with E-state index in [4.69, 9.17) is 10.6 Å². The lowest BCUT2D eigenvalue weighted by atomic mass is 10.5. The topological polar surface area (TPSA) is 59.6 Å². The summed E-state index contributed by atoms with van der Waals surface area (Å²) in [4.78, 5) is 4.78. The fraction of sp³-hybridized carbons (Fsp3) is 0.800. The lowest BCUT2D eigenvalue weighted by Crippen LogP contribution is -2.15. The molecule has 0 spiro atoms. The van der Waals surface area contributed by atoms with Gasteiger partial charge in [-0.1, -0.05) is 6.92 Å². The number of nitrogens with zero attached hydrogens (tertiary/aromatic N) is 1. The van der Waals surface area contributed by atoms with Crippen molar-refractivity contribution >= 4 is 5.84 Å². The molecular weight excluding hydrogens is 118 g/mol.